The number of carbonyl (C=O) groups excluding carboxylic acids is 5. The zero-order valence-electron chi connectivity index (χ0n) is 33.9. The van der Waals surface area contributed by atoms with E-state index in [1.165, 1.54) is 0 Å². The lowest BCUT2D eigenvalue weighted by Gasteiger charge is -2.68. The maximum absolute atomic E-state index is 15.3. The molecule has 312 valence electrons. The molecule has 2 saturated carbocycles. The van der Waals surface area contributed by atoms with E-state index in [9.17, 15) is 34.5 Å². The Morgan fingerprint density at radius 3 is 1.98 bits per heavy atom. The number of ether oxygens (including phenoxy) is 4. The third-order valence-corrected chi connectivity index (χ3v) is 13.6. The van der Waals surface area contributed by atoms with Crippen LogP contribution in [0.3, 0.4) is 0 Å². The molecule has 3 aromatic carbocycles. The molecule has 1 heterocycles. The summed E-state index contributed by atoms with van der Waals surface area (Å²) in [6.45, 7) is 9.54. The van der Waals surface area contributed by atoms with Crippen LogP contribution in [0.4, 0.5) is 0 Å². The van der Waals surface area contributed by atoms with Crippen LogP contribution in [0.15, 0.2) is 102 Å². The van der Waals surface area contributed by atoms with Gasteiger partial charge in [0.15, 0.2) is 18.0 Å². The number of benzene rings is 3. The predicted molar refractivity (Wildman–Crippen MR) is 211 cm³/mol. The van der Waals surface area contributed by atoms with Gasteiger partial charge in [-0.05, 0) is 54.8 Å². The van der Waals surface area contributed by atoms with Crippen LogP contribution in [0, 0.1) is 22.2 Å². The Morgan fingerprint density at radius 2 is 1.42 bits per heavy atom. The third kappa shape index (κ3) is 6.87. The number of Topliss-reactive ketones (excluding diaryl/α,β-unsaturated/α-hetero) is 1. The summed E-state index contributed by atoms with van der Waals surface area (Å²) in [5, 5.41) is 40.0. The normalized spacial score (nSPS) is 33.0. The number of esters is 3. The van der Waals surface area contributed by atoms with Gasteiger partial charge in [-0.25, -0.2) is 9.59 Å². The predicted octanol–water partition coefficient (Wildman–Crippen LogP) is 4.44. The minimum absolute atomic E-state index is 0.0583. The topological polar surface area (TPSA) is 195 Å². The summed E-state index contributed by atoms with van der Waals surface area (Å²) >= 11 is 0. The molecule has 3 fully saturated rings. The van der Waals surface area contributed by atoms with E-state index in [1.807, 2.05) is 6.92 Å². The lowest BCUT2D eigenvalue weighted by atomic mass is 9.42. The number of ketones is 1. The highest BCUT2D eigenvalue weighted by atomic mass is 16.6. The van der Waals surface area contributed by atoms with Gasteiger partial charge < -0.3 is 39.6 Å². The van der Waals surface area contributed by atoms with Gasteiger partial charge in [-0.2, -0.15) is 0 Å². The van der Waals surface area contributed by atoms with Gasteiger partial charge in [0.2, 0.25) is 0 Å². The molecule has 1 unspecified atom stereocenters. The molecule has 7 rings (SSSR count). The van der Waals surface area contributed by atoms with Gasteiger partial charge in [0, 0.05) is 42.1 Å². The Balaban J connectivity index is 1.36. The fourth-order valence-electron chi connectivity index (χ4n) is 10.2. The molecule has 0 spiro atoms. The molecule has 59 heavy (non-hydrogen) atoms. The first-order valence-corrected chi connectivity index (χ1v) is 19.9. The number of hydrogen-bond acceptors (Lipinski definition) is 12. The van der Waals surface area contributed by atoms with E-state index in [1.54, 1.807) is 119 Å². The Kier molecular flexibility index (Phi) is 11.0. The summed E-state index contributed by atoms with van der Waals surface area (Å²) in [5.41, 5.74) is -5.19. The van der Waals surface area contributed by atoms with E-state index >= 15 is 4.79 Å². The molecule has 0 aromatic heterocycles. The SMILES string of the molecule is CC(=O)O[C@H]1C(=O)[C@@]2(C)[C@H]([C@H](OC(=O)c3ccccc3)[C@]3(O)C[C@H](OC(=O)[C@H](O)C(NC(=O)c4ccccc4)c4ccccc4)C(C)=C1C3(C)C)[C@]1(C)CO[C@@H]1C[C@@H]2O. The van der Waals surface area contributed by atoms with Crippen molar-refractivity contribution in [1.29, 1.82) is 0 Å². The summed E-state index contributed by atoms with van der Waals surface area (Å²) in [4.78, 5) is 70.0. The molecule has 4 aliphatic rings. The van der Waals surface area contributed by atoms with Gasteiger partial charge in [0.1, 0.15) is 17.8 Å². The van der Waals surface area contributed by atoms with Crippen molar-refractivity contribution >= 4 is 29.6 Å². The van der Waals surface area contributed by atoms with E-state index in [0.717, 1.165) is 6.92 Å². The molecule has 2 bridgehead atoms. The molecule has 1 aliphatic heterocycles. The van der Waals surface area contributed by atoms with Gasteiger partial charge in [-0.3, -0.25) is 14.4 Å². The Morgan fingerprint density at radius 1 is 0.847 bits per heavy atom. The van der Waals surface area contributed by atoms with Crippen LogP contribution in [0.25, 0.3) is 0 Å². The van der Waals surface area contributed by atoms with Crippen molar-refractivity contribution in [2.24, 2.45) is 22.2 Å². The van der Waals surface area contributed by atoms with Crippen LogP contribution < -0.4 is 5.32 Å². The fourth-order valence-corrected chi connectivity index (χ4v) is 10.2. The molecule has 13 heteroatoms. The first-order valence-electron chi connectivity index (χ1n) is 19.9. The molecular weight excluding hydrogens is 759 g/mol. The Hall–Kier alpha value is -5.21. The molecular formula is C46H51NO12. The Labute approximate surface area is 342 Å². The zero-order valence-corrected chi connectivity index (χ0v) is 33.9. The summed E-state index contributed by atoms with van der Waals surface area (Å²) in [6, 6.07) is 23.5. The van der Waals surface area contributed by atoms with Gasteiger partial charge in [-0.1, -0.05) is 87.5 Å². The maximum atomic E-state index is 15.3. The first kappa shape index (κ1) is 41.9. The summed E-state index contributed by atoms with van der Waals surface area (Å²) in [5.74, 6) is -5.13. The lowest BCUT2D eigenvalue weighted by Crippen LogP contribution is -2.78. The second-order valence-corrected chi connectivity index (χ2v) is 17.3. The Bertz CT molecular complexity index is 2160. The number of carbonyl (C=O) groups is 5. The number of aliphatic hydroxyl groups excluding tert-OH is 2. The molecule has 0 radical (unpaired) electrons. The van der Waals surface area contributed by atoms with E-state index < -0.39 is 106 Å². The second kappa shape index (κ2) is 15.4. The van der Waals surface area contributed by atoms with Gasteiger partial charge in [0.25, 0.3) is 5.91 Å². The first-order chi connectivity index (χ1) is 27.9. The molecule has 1 amide bonds. The van der Waals surface area contributed by atoms with E-state index in [-0.39, 0.29) is 35.3 Å². The van der Waals surface area contributed by atoms with E-state index in [2.05, 4.69) is 5.32 Å². The molecule has 13 nitrogen and oxygen atoms in total. The van der Waals surface area contributed by atoms with Crippen molar-refractivity contribution in [2.45, 2.75) is 103 Å². The number of amides is 1. The monoisotopic (exact) mass is 809 g/mol. The summed E-state index contributed by atoms with van der Waals surface area (Å²) in [7, 11) is 0. The number of aliphatic hydroxyl groups is 3. The maximum Gasteiger partial charge on any atom is 0.338 e. The van der Waals surface area contributed by atoms with Crippen LogP contribution in [-0.2, 0) is 33.3 Å². The lowest BCUT2D eigenvalue weighted by molar-refractivity contribution is -0.313. The van der Waals surface area contributed by atoms with Crippen molar-refractivity contribution in [3.63, 3.8) is 0 Å². The number of rotatable bonds is 9. The summed E-state index contributed by atoms with van der Waals surface area (Å²) < 4.78 is 24.4. The van der Waals surface area contributed by atoms with Crippen molar-refractivity contribution in [3.05, 3.63) is 119 Å². The molecule has 4 N–H and O–H groups in total. The largest absolute Gasteiger partial charge is 0.456 e. The van der Waals surface area contributed by atoms with Crippen LogP contribution in [0.2, 0.25) is 0 Å². The van der Waals surface area contributed by atoms with Crippen LogP contribution in [0.1, 0.15) is 86.7 Å². The second-order valence-electron chi connectivity index (χ2n) is 17.3. The average Bonchev–Trinajstić information content (AvgIpc) is 3.21. The number of hydrogen-bond donors (Lipinski definition) is 4. The highest BCUT2D eigenvalue weighted by Crippen LogP contribution is 2.66. The average molecular weight is 810 g/mol. The van der Waals surface area contributed by atoms with Crippen molar-refractivity contribution in [1.82, 2.24) is 5.32 Å². The molecule has 3 aliphatic carbocycles. The van der Waals surface area contributed by atoms with Crippen molar-refractivity contribution < 1.29 is 58.2 Å². The van der Waals surface area contributed by atoms with Crippen molar-refractivity contribution in [3.8, 4) is 0 Å². The smallest absolute Gasteiger partial charge is 0.338 e. The van der Waals surface area contributed by atoms with E-state index in [0.29, 0.717) is 5.56 Å². The van der Waals surface area contributed by atoms with Crippen LogP contribution >= 0.6 is 0 Å². The van der Waals surface area contributed by atoms with Crippen LogP contribution in [-0.4, -0.2) is 93.7 Å². The highest BCUT2D eigenvalue weighted by Gasteiger charge is 2.75. The zero-order chi connectivity index (χ0) is 42.7. The van der Waals surface area contributed by atoms with E-state index in [4.69, 9.17) is 18.9 Å². The molecule has 3 aromatic rings. The fraction of sp³-hybridized carbons (Fsp3) is 0.457. The number of fused-ring (bicyclic) bond motifs is 5. The van der Waals surface area contributed by atoms with Crippen molar-refractivity contribution in [2.75, 3.05) is 6.61 Å². The minimum atomic E-state index is -2.19. The molecule has 1 saturated heterocycles. The minimum Gasteiger partial charge on any atom is -0.456 e. The van der Waals surface area contributed by atoms with Crippen LogP contribution in [0.5, 0.6) is 0 Å². The quantitative estimate of drug-likeness (QED) is 0.135. The van der Waals surface area contributed by atoms with Gasteiger partial charge >= 0.3 is 17.9 Å². The van der Waals surface area contributed by atoms with Gasteiger partial charge in [0.05, 0.1) is 35.8 Å². The summed E-state index contributed by atoms with van der Waals surface area (Å²) in [6.07, 6.45) is -8.86. The van der Waals surface area contributed by atoms with Gasteiger partial charge in [-0.15, -0.1) is 0 Å². The third-order valence-electron chi connectivity index (χ3n) is 13.6. The standard InChI is InChI=1S/C46H51NO12/c1-25-30(58-42(54)35(50)34(27-16-10-7-11-17-27)47-40(52)28-18-12-8-13-19-28)23-46(55)39(59-41(53)29-20-14-9-15-21-29)37-44(5)24-56-32(44)22-31(49)45(37,6)38(51)36(57-26(2)48)33(25)43(46,3)4/h7-21,30-32,34-37,39,49-50,55H,22-24H2,1-6H3,(H,47,52)/t30-,31-,32+,34?,35+,36+,37+,39-,44+,45+,46+/m0/s1. The number of nitrogens with one attached hydrogen (secondary N) is 1. The highest BCUT2D eigenvalue weighted by molar-refractivity contribution is 5.96. The molecule has 11 atom stereocenters.